The summed E-state index contributed by atoms with van der Waals surface area (Å²) in [5.74, 6) is 1.70. The fourth-order valence-electron chi connectivity index (χ4n) is 3.59. The number of rotatable bonds is 8. The number of aromatic amines is 1. The SMILES string of the molecule is CCCN(Cc1nc2cc(-c3ccc(OC)cc3)sc2c(=O)[nH]1)Cc1ccccc1O. The van der Waals surface area contributed by atoms with Crippen molar-refractivity contribution in [3.8, 4) is 21.9 Å². The van der Waals surface area contributed by atoms with Gasteiger partial charge in [-0.05, 0) is 54.9 Å². The predicted molar refractivity (Wildman–Crippen MR) is 125 cm³/mol. The van der Waals surface area contributed by atoms with E-state index in [0.717, 1.165) is 34.7 Å². The van der Waals surface area contributed by atoms with Crippen molar-refractivity contribution in [2.45, 2.75) is 26.4 Å². The smallest absolute Gasteiger partial charge is 0.268 e. The molecule has 0 fully saturated rings. The maximum absolute atomic E-state index is 12.7. The third-order valence-electron chi connectivity index (χ3n) is 5.11. The van der Waals surface area contributed by atoms with Gasteiger partial charge in [-0.1, -0.05) is 25.1 Å². The Morgan fingerprint density at radius 3 is 2.61 bits per heavy atom. The molecular formula is C24H25N3O3S. The Bertz CT molecular complexity index is 1230. The highest BCUT2D eigenvalue weighted by Gasteiger charge is 2.14. The van der Waals surface area contributed by atoms with E-state index in [2.05, 4.69) is 16.8 Å². The normalized spacial score (nSPS) is 11.3. The molecule has 0 atom stereocenters. The summed E-state index contributed by atoms with van der Waals surface area (Å²) in [6.07, 6.45) is 0.958. The van der Waals surface area contributed by atoms with E-state index in [9.17, 15) is 9.90 Å². The molecule has 2 aromatic carbocycles. The number of aromatic hydroxyl groups is 1. The molecule has 0 saturated carbocycles. The molecule has 0 saturated heterocycles. The summed E-state index contributed by atoms with van der Waals surface area (Å²) in [7, 11) is 1.64. The summed E-state index contributed by atoms with van der Waals surface area (Å²) in [4.78, 5) is 23.6. The van der Waals surface area contributed by atoms with Crippen LogP contribution in [-0.4, -0.2) is 33.6 Å². The molecule has 0 aliphatic carbocycles. The van der Waals surface area contributed by atoms with Crippen molar-refractivity contribution in [3.05, 3.63) is 76.3 Å². The lowest BCUT2D eigenvalue weighted by molar-refractivity contribution is 0.247. The second kappa shape index (κ2) is 9.32. The van der Waals surface area contributed by atoms with E-state index in [0.29, 0.717) is 29.1 Å². The zero-order chi connectivity index (χ0) is 21.8. The first kappa shape index (κ1) is 21.1. The second-order valence-corrected chi connectivity index (χ2v) is 8.46. The summed E-state index contributed by atoms with van der Waals surface area (Å²) < 4.78 is 5.84. The van der Waals surface area contributed by atoms with Crippen LogP contribution in [0.2, 0.25) is 0 Å². The van der Waals surface area contributed by atoms with Crippen LogP contribution in [0.3, 0.4) is 0 Å². The molecule has 0 spiro atoms. The second-order valence-electron chi connectivity index (χ2n) is 7.41. The number of H-pyrrole nitrogens is 1. The summed E-state index contributed by atoms with van der Waals surface area (Å²) in [5.41, 5.74) is 2.46. The van der Waals surface area contributed by atoms with E-state index in [1.165, 1.54) is 11.3 Å². The molecule has 0 aliphatic heterocycles. The Hall–Kier alpha value is -3.16. The van der Waals surface area contributed by atoms with Gasteiger partial charge in [-0.15, -0.1) is 11.3 Å². The van der Waals surface area contributed by atoms with Crippen LogP contribution < -0.4 is 10.3 Å². The third-order valence-corrected chi connectivity index (χ3v) is 6.28. The average molecular weight is 436 g/mol. The molecule has 7 heteroatoms. The van der Waals surface area contributed by atoms with Crippen LogP contribution in [0.15, 0.2) is 59.4 Å². The van der Waals surface area contributed by atoms with Gasteiger partial charge in [-0.3, -0.25) is 9.69 Å². The quantitative estimate of drug-likeness (QED) is 0.417. The van der Waals surface area contributed by atoms with E-state index < -0.39 is 0 Å². The number of hydrogen-bond donors (Lipinski definition) is 2. The van der Waals surface area contributed by atoms with Crippen LogP contribution in [0.1, 0.15) is 24.7 Å². The minimum absolute atomic E-state index is 0.122. The predicted octanol–water partition coefficient (Wildman–Crippen LogP) is 4.78. The van der Waals surface area contributed by atoms with Crippen LogP contribution in [0.4, 0.5) is 0 Å². The highest BCUT2D eigenvalue weighted by atomic mass is 32.1. The maximum Gasteiger partial charge on any atom is 0.268 e. The third kappa shape index (κ3) is 4.78. The molecule has 2 aromatic heterocycles. The zero-order valence-corrected chi connectivity index (χ0v) is 18.4. The van der Waals surface area contributed by atoms with E-state index in [4.69, 9.17) is 9.72 Å². The standard InChI is InChI=1S/C24H25N3O3S/c1-3-12-27(14-17-6-4-5-7-20(17)28)15-22-25-19-13-21(31-23(19)24(29)26-22)16-8-10-18(30-2)11-9-16/h4-11,13,28H,3,12,14-15H2,1-2H3,(H,25,26,29). The van der Waals surface area contributed by atoms with Crippen molar-refractivity contribution in [1.29, 1.82) is 0 Å². The number of para-hydroxylation sites is 1. The Labute approximate surface area is 184 Å². The van der Waals surface area contributed by atoms with Gasteiger partial charge in [-0.2, -0.15) is 0 Å². The Balaban J connectivity index is 1.61. The largest absolute Gasteiger partial charge is 0.508 e. The van der Waals surface area contributed by atoms with Crippen molar-refractivity contribution in [2.24, 2.45) is 0 Å². The molecule has 160 valence electrons. The van der Waals surface area contributed by atoms with Gasteiger partial charge >= 0.3 is 0 Å². The fraction of sp³-hybridized carbons (Fsp3) is 0.250. The fourth-order valence-corrected chi connectivity index (χ4v) is 4.59. The Morgan fingerprint density at radius 1 is 1.13 bits per heavy atom. The van der Waals surface area contributed by atoms with Gasteiger partial charge in [0.25, 0.3) is 5.56 Å². The van der Waals surface area contributed by atoms with Crippen molar-refractivity contribution < 1.29 is 9.84 Å². The van der Waals surface area contributed by atoms with Crippen LogP contribution in [0.25, 0.3) is 20.7 Å². The van der Waals surface area contributed by atoms with Crippen molar-refractivity contribution >= 4 is 21.6 Å². The number of thiophene rings is 1. The number of aromatic nitrogens is 2. The van der Waals surface area contributed by atoms with Crippen LogP contribution in [0, 0.1) is 0 Å². The lowest BCUT2D eigenvalue weighted by Crippen LogP contribution is -2.26. The lowest BCUT2D eigenvalue weighted by Gasteiger charge is -2.21. The van der Waals surface area contributed by atoms with Crippen molar-refractivity contribution in [3.63, 3.8) is 0 Å². The van der Waals surface area contributed by atoms with E-state index in [-0.39, 0.29) is 11.3 Å². The number of methoxy groups -OCH3 is 1. The molecule has 0 aliphatic rings. The Kier molecular flexibility index (Phi) is 6.34. The molecule has 0 amide bonds. The van der Waals surface area contributed by atoms with E-state index in [1.807, 2.05) is 48.5 Å². The van der Waals surface area contributed by atoms with Crippen LogP contribution >= 0.6 is 11.3 Å². The molecule has 0 radical (unpaired) electrons. The van der Waals surface area contributed by atoms with E-state index >= 15 is 0 Å². The number of nitrogens with zero attached hydrogens (tertiary/aromatic N) is 2. The molecule has 0 bridgehead atoms. The van der Waals surface area contributed by atoms with Gasteiger partial charge in [0.2, 0.25) is 0 Å². The van der Waals surface area contributed by atoms with Crippen LogP contribution in [-0.2, 0) is 13.1 Å². The van der Waals surface area contributed by atoms with Gasteiger partial charge in [-0.25, -0.2) is 4.98 Å². The molecule has 6 nitrogen and oxygen atoms in total. The zero-order valence-electron chi connectivity index (χ0n) is 17.6. The summed E-state index contributed by atoms with van der Waals surface area (Å²) in [6.45, 7) is 4.03. The number of fused-ring (bicyclic) bond motifs is 1. The first-order chi connectivity index (χ1) is 15.1. The molecular weight excluding hydrogens is 410 g/mol. The highest BCUT2D eigenvalue weighted by Crippen LogP contribution is 2.32. The molecule has 31 heavy (non-hydrogen) atoms. The number of phenolic OH excluding ortho intramolecular Hbond substituents is 1. The number of phenols is 1. The molecule has 2 heterocycles. The number of hydrogen-bond acceptors (Lipinski definition) is 6. The van der Waals surface area contributed by atoms with Crippen LogP contribution in [0.5, 0.6) is 11.5 Å². The highest BCUT2D eigenvalue weighted by molar-refractivity contribution is 7.22. The topological polar surface area (TPSA) is 78.5 Å². The molecule has 4 rings (SSSR count). The molecule has 0 unspecified atom stereocenters. The van der Waals surface area contributed by atoms with Crippen molar-refractivity contribution in [2.75, 3.05) is 13.7 Å². The van der Waals surface area contributed by atoms with Gasteiger partial charge in [0.1, 0.15) is 22.0 Å². The first-order valence-electron chi connectivity index (χ1n) is 10.2. The summed E-state index contributed by atoms with van der Waals surface area (Å²) in [5, 5.41) is 10.1. The lowest BCUT2D eigenvalue weighted by atomic mass is 10.2. The van der Waals surface area contributed by atoms with Crippen molar-refractivity contribution in [1.82, 2.24) is 14.9 Å². The van der Waals surface area contributed by atoms with Gasteiger partial charge < -0.3 is 14.8 Å². The van der Waals surface area contributed by atoms with E-state index in [1.54, 1.807) is 13.2 Å². The summed E-state index contributed by atoms with van der Waals surface area (Å²) >= 11 is 1.44. The first-order valence-corrected chi connectivity index (χ1v) is 11.1. The monoisotopic (exact) mass is 435 g/mol. The summed E-state index contributed by atoms with van der Waals surface area (Å²) in [6, 6.07) is 17.1. The minimum atomic E-state index is -0.122. The number of benzene rings is 2. The Morgan fingerprint density at radius 2 is 1.90 bits per heavy atom. The minimum Gasteiger partial charge on any atom is -0.508 e. The van der Waals surface area contributed by atoms with Gasteiger partial charge in [0.15, 0.2) is 0 Å². The maximum atomic E-state index is 12.7. The molecule has 2 N–H and O–H groups in total. The number of ether oxygens (including phenoxy) is 1. The van der Waals surface area contributed by atoms with Gasteiger partial charge in [0.05, 0.1) is 19.2 Å². The molecule has 4 aromatic rings. The average Bonchev–Trinajstić information content (AvgIpc) is 3.20. The number of nitrogens with one attached hydrogen (secondary N) is 1. The van der Waals surface area contributed by atoms with Gasteiger partial charge in [0, 0.05) is 17.0 Å².